The molecule has 6 nitrogen and oxygen atoms in total. The topological polar surface area (TPSA) is 69.0 Å². The van der Waals surface area contributed by atoms with Crippen LogP contribution in [-0.2, 0) is 6.42 Å². The van der Waals surface area contributed by atoms with Crippen molar-refractivity contribution in [3.8, 4) is 16.9 Å². The molecule has 0 aliphatic carbocycles. The van der Waals surface area contributed by atoms with Crippen molar-refractivity contribution in [2.24, 2.45) is 0 Å². The minimum Gasteiger partial charge on any atom is -0.494 e. The van der Waals surface area contributed by atoms with Crippen molar-refractivity contribution in [3.05, 3.63) is 73.9 Å². The van der Waals surface area contributed by atoms with Gasteiger partial charge in [-0.25, -0.2) is 9.97 Å². The van der Waals surface area contributed by atoms with Crippen LogP contribution < -0.4 is 10.1 Å². The monoisotopic (exact) mass is 550 g/mol. The predicted octanol–water partition coefficient (Wildman–Crippen LogP) is 7.26. The highest BCUT2D eigenvalue weighted by atomic mass is 35.5. The molecule has 3 heterocycles. The molecular weight excluding hydrogens is 519 g/mol. The molecule has 0 spiro atoms. The number of fused-ring (bicyclic) bond motifs is 3. The third-order valence-electron chi connectivity index (χ3n) is 7.32. The van der Waals surface area contributed by atoms with Gasteiger partial charge in [0.1, 0.15) is 17.3 Å². The van der Waals surface area contributed by atoms with Gasteiger partial charge in [0.05, 0.1) is 17.1 Å². The van der Waals surface area contributed by atoms with Gasteiger partial charge in [-0.2, -0.15) is 0 Å². The molecule has 1 atom stereocenters. The second kappa shape index (κ2) is 10.2. The molecule has 38 heavy (non-hydrogen) atoms. The largest absolute Gasteiger partial charge is 0.494 e. The van der Waals surface area contributed by atoms with Gasteiger partial charge in [0.15, 0.2) is 0 Å². The number of carbonyl (C=O) groups excluding carboxylic acids is 1. The number of benzene rings is 2. The summed E-state index contributed by atoms with van der Waals surface area (Å²) in [7, 11) is 0. The summed E-state index contributed by atoms with van der Waals surface area (Å²) in [5, 5.41) is 5.48. The van der Waals surface area contributed by atoms with Gasteiger partial charge >= 0.3 is 0 Å². The number of aryl methyl sites for hydroxylation is 6. The number of amides is 1. The van der Waals surface area contributed by atoms with Gasteiger partial charge in [-0.1, -0.05) is 29.3 Å². The van der Waals surface area contributed by atoms with Crippen molar-refractivity contribution in [3.63, 3.8) is 0 Å². The third-order valence-corrected chi connectivity index (χ3v) is 8.23. The lowest BCUT2D eigenvalue weighted by Crippen LogP contribution is -2.38. The Morgan fingerprint density at radius 3 is 2.34 bits per heavy atom. The number of carbonyl (C=O) groups is 1. The number of ether oxygens (including phenoxy) is 1. The molecule has 0 fully saturated rings. The van der Waals surface area contributed by atoms with Gasteiger partial charge < -0.3 is 14.6 Å². The lowest BCUT2D eigenvalue weighted by atomic mass is 9.97. The zero-order chi connectivity index (χ0) is 27.3. The van der Waals surface area contributed by atoms with Gasteiger partial charge in [0.25, 0.3) is 5.91 Å². The molecule has 1 amide bonds. The Hall–Kier alpha value is -3.09. The van der Waals surface area contributed by atoms with E-state index in [1.165, 1.54) is 0 Å². The minimum atomic E-state index is -0.0603. The number of rotatable bonds is 6. The summed E-state index contributed by atoms with van der Waals surface area (Å²) in [5.74, 6) is 1.47. The van der Waals surface area contributed by atoms with Crippen LogP contribution in [-0.4, -0.2) is 33.6 Å². The SMILES string of the molecule is Cc1nc(C)c(-c2c(Cl)ccc3c(CCCOc4cc(C)c(Cl)c(C)c4)c4n(c23)[C@H](C)CNC4=O)c(C)n1. The van der Waals surface area contributed by atoms with E-state index >= 15 is 0 Å². The van der Waals surface area contributed by atoms with Crippen molar-refractivity contribution in [1.82, 2.24) is 19.9 Å². The summed E-state index contributed by atoms with van der Waals surface area (Å²) in [6, 6.07) is 7.95. The van der Waals surface area contributed by atoms with Crippen molar-refractivity contribution in [2.75, 3.05) is 13.2 Å². The van der Waals surface area contributed by atoms with Crippen LogP contribution in [0.1, 0.15) is 63.8 Å². The Morgan fingerprint density at radius 2 is 1.68 bits per heavy atom. The molecular formula is C30H32Cl2N4O2. The lowest BCUT2D eigenvalue weighted by Gasteiger charge is -2.26. The van der Waals surface area contributed by atoms with E-state index in [4.69, 9.17) is 27.9 Å². The van der Waals surface area contributed by atoms with Crippen LogP contribution >= 0.6 is 23.2 Å². The first-order valence-corrected chi connectivity index (χ1v) is 13.7. The number of hydrogen-bond donors (Lipinski definition) is 1. The Kier molecular flexibility index (Phi) is 7.14. The normalized spacial score (nSPS) is 15.1. The number of aromatic nitrogens is 3. The maximum atomic E-state index is 13.3. The first-order valence-electron chi connectivity index (χ1n) is 12.9. The first kappa shape index (κ1) is 26.5. The number of nitrogens with one attached hydrogen (secondary N) is 1. The summed E-state index contributed by atoms with van der Waals surface area (Å²) in [4.78, 5) is 22.5. The van der Waals surface area contributed by atoms with Crippen LogP contribution in [0.3, 0.4) is 0 Å². The average Bonchev–Trinajstić information content (AvgIpc) is 3.18. The van der Waals surface area contributed by atoms with E-state index in [0.29, 0.717) is 30.3 Å². The number of nitrogens with zero attached hydrogens (tertiary/aromatic N) is 3. The molecule has 8 heteroatoms. The molecule has 1 aliphatic rings. The standard InChI is InChI=1S/C30H32Cl2N4O2/c1-15-12-21(13-16(2)27(15)32)38-11-7-8-22-23-9-10-24(31)26(25-18(4)34-20(6)35-19(25)5)28(23)36-17(3)14-33-30(37)29(22)36/h9-10,12-13,17H,7-8,11,14H2,1-6H3,(H,33,37)/t17-/m1/s1. The molecule has 1 N–H and O–H groups in total. The Morgan fingerprint density at radius 1 is 1.03 bits per heavy atom. The maximum Gasteiger partial charge on any atom is 0.268 e. The highest BCUT2D eigenvalue weighted by Gasteiger charge is 2.32. The van der Waals surface area contributed by atoms with E-state index in [1.807, 2.05) is 58.9 Å². The molecule has 1 aliphatic heterocycles. The molecule has 0 saturated carbocycles. The Bertz CT molecular complexity index is 1550. The number of hydrogen-bond acceptors (Lipinski definition) is 4. The van der Waals surface area contributed by atoms with Gasteiger partial charge in [-0.15, -0.1) is 0 Å². The first-order chi connectivity index (χ1) is 18.1. The highest BCUT2D eigenvalue weighted by molar-refractivity contribution is 6.35. The summed E-state index contributed by atoms with van der Waals surface area (Å²) >= 11 is 13.2. The molecule has 4 aromatic rings. The fourth-order valence-electron chi connectivity index (χ4n) is 5.71. The Labute approximate surface area is 233 Å². The van der Waals surface area contributed by atoms with E-state index in [2.05, 4.69) is 26.8 Å². The van der Waals surface area contributed by atoms with Gasteiger partial charge in [0.2, 0.25) is 0 Å². The zero-order valence-electron chi connectivity index (χ0n) is 22.6. The molecule has 5 rings (SSSR count). The van der Waals surface area contributed by atoms with E-state index in [0.717, 1.165) is 73.1 Å². The second-order valence-corrected chi connectivity index (χ2v) is 11.0. The van der Waals surface area contributed by atoms with Crippen LogP contribution in [0.25, 0.3) is 22.0 Å². The van der Waals surface area contributed by atoms with Crippen molar-refractivity contribution in [1.29, 1.82) is 0 Å². The van der Waals surface area contributed by atoms with Crippen LogP contribution in [0, 0.1) is 34.6 Å². The minimum absolute atomic E-state index is 0.0603. The number of halogens is 2. The molecule has 2 aromatic carbocycles. The van der Waals surface area contributed by atoms with E-state index in [9.17, 15) is 4.79 Å². The fraction of sp³-hybridized carbons (Fsp3) is 0.367. The molecule has 198 valence electrons. The zero-order valence-corrected chi connectivity index (χ0v) is 24.1. The predicted molar refractivity (Wildman–Crippen MR) is 154 cm³/mol. The van der Waals surface area contributed by atoms with Crippen LogP contribution in [0.5, 0.6) is 5.75 Å². The second-order valence-electron chi connectivity index (χ2n) is 10.2. The third kappa shape index (κ3) is 4.54. The average molecular weight is 552 g/mol. The quantitative estimate of drug-likeness (QED) is 0.256. The fourth-order valence-corrected chi connectivity index (χ4v) is 6.07. The summed E-state index contributed by atoms with van der Waals surface area (Å²) < 4.78 is 8.24. The molecule has 0 radical (unpaired) electrons. The van der Waals surface area contributed by atoms with Crippen molar-refractivity contribution in [2.45, 2.75) is 60.4 Å². The maximum absolute atomic E-state index is 13.3. The van der Waals surface area contributed by atoms with Gasteiger partial charge in [-0.3, -0.25) is 4.79 Å². The lowest BCUT2D eigenvalue weighted by molar-refractivity contribution is 0.0918. The summed E-state index contributed by atoms with van der Waals surface area (Å²) in [6.07, 6.45) is 1.44. The smallest absolute Gasteiger partial charge is 0.268 e. The van der Waals surface area contributed by atoms with E-state index < -0.39 is 0 Å². The molecule has 0 saturated heterocycles. The van der Waals surface area contributed by atoms with Gasteiger partial charge in [0, 0.05) is 45.5 Å². The van der Waals surface area contributed by atoms with Crippen LogP contribution in [0.4, 0.5) is 0 Å². The summed E-state index contributed by atoms with van der Waals surface area (Å²) in [5.41, 5.74) is 8.22. The Balaban J connectivity index is 1.58. The molecule has 0 unspecified atom stereocenters. The van der Waals surface area contributed by atoms with E-state index in [1.54, 1.807) is 0 Å². The highest BCUT2D eigenvalue weighted by Crippen LogP contribution is 2.43. The van der Waals surface area contributed by atoms with Crippen molar-refractivity contribution >= 4 is 40.0 Å². The van der Waals surface area contributed by atoms with E-state index in [-0.39, 0.29) is 11.9 Å². The van der Waals surface area contributed by atoms with Crippen molar-refractivity contribution < 1.29 is 9.53 Å². The van der Waals surface area contributed by atoms with Gasteiger partial charge in [-0.05, 0) is 89.3 Å². The molecule has 2 aromatic heterocycles. The van der Waals surface area contributed by atoms with Crippen LogP contribution in [0.15, 0.2) is 24.3 Å². The molecule has 0 bridgehead atoms. The summed E-state index contributed by atoms with van der Waals surface area (Å²) in [6.45, 7) is 13.0. The van der Waals surface area contributed by atoms with Crippen LogP contribution in [0.2, 0.25) is 10.0 Å².